The molecular formula is C14H13O5P. The standard InChI is InChI=1S/C14H13O5P/c1-8(14(15)16)11-5-3-9-7-10(19-2)4-6-12(9)13(11)20(17)18/h3-8H,1-2H3,(H,15,16)/t8-/m0/s1. The Bertz CT molecular complexity index is 741. The summed E-state index contributed by atoms with van der Waals surface area (Å²) >= 11 is 0. The minimum atomic E-state index is -2.89. The van der Waals surface area contributed by atoms with Crippen LogP contribution in [0.5, 0.6) is 5.75 Å². The zero-order valence-corrected chi connectivity index (χ0v) is 11.9. The van der Waals surface area contributed by atoms with Crippen LogP contribution in [0.3, 0.4) is 0 Å². The van der Waals surface area contributed by atoms with Gasteiger partial charge < -0.3 is 9.84 Å². The third-order valence-corrected chi connectivity index (χ3v) is 4.11. The maximum Gasteiger partial charge on any atom is 0.349 e. The highest BCUT2D eigenvalue weighted by atomic mass is 31.1. The molecule has 0 fully saturated rings. The molecule has 1 atom stereocenters. The number of aliphatic carboxylic acids is 1. The molecule has 2 aromatic carbocycles. The maximum atomic E-state index is 11.5. The van der Waals surface area contributed by atoms with E-state index in [0.717, 1.165) is 0 Å². The topological polar surface area (TPSA) is 80.7 Å². The summed E-state index contributed by atoms with van der Waals surface area (Å²) in [7, 11) is -1.37. The molecule has 2 rings (SSSR count). The largest absolute Gasteiger partial charge is 0.497 e. The molecule has 0 spiro atoms. The third-order valence-electron chi connectivity index (χ3n) is 3.25. The van der Waals surface area contributed by atoms with Gasteiger partial charge in [-0.3, -0.25) is 4.79 Å². The Balaban J connectivity index is 2.79. The van der Waals surface area contributed by atoms with Crippen molar-refractivity contribution in [1.82, 2.24) is 0 Å². The zero-order valence-electron chi connectivity index (χ0n) is 11.0. The summed E-state index contributed by atoms with van der Waals surface area (Å²) < 4.78 is 28.2. The molecule has 0 heterocycles. The summed E-state index contributed by atoms with van der Waals surface area (Å²) in [4.78, 5) is 11.1. The van der Waals surface area contributed by atoms with Crippen molar-refractivity contribution < 1.29 is 23.8 Å². The Morgan fingerprint density at radius 1 is 1.25 bits per heavy atom. The van der Waals surface area contributed by atoms with Gasteiger partial charge in [-0.2, -0.15) is 0 Å². The molecule has 0 amide bonds. The van der Waals surface area contributed by atoms with E-state index < -0.39 is 19.6 Å². The summed E-state index contributed by atoms with van der Waals surface area (Å²) in [5.74, 6) is -1.33. The Morgan fingerprint density at radius 2 is 1.95 bits per heavy atom. The molecular weight excluding hydrogens is 279 g/mol. The van der Waals surface area contributed by atoms with E-state index in [2.05, 4.69) is 0 Å². The van der Waals surface area contributed by atoms with Crippen molar-refractivity contribution in [3.63, 3.8) is 0 Å². The molecule has 20 heavy (non-hydrogen) atoms. The lowest BCUT2D eigenvalue weighted by molar-refractivity contribution is -0.138. The van der Waals surface area contributed by atoms with Gasteiger partial charge in [-0.15, -0.1) is 0 Å². The Kier molecular flexibility index (Phi) is 3.91. The van der Waals surface area contributed by atoms with Crippen LogP contribution in [0, 0.1) is 0 Å². The zero-order chi connectivity index (χ0) is 14.9. The third kappa shape index (κ3) is 2.45. The van der Waals surface area contributed by atoms with Crippen molar-refractivity contribution in [2.75, 3.05) is 7.11 Å². The molecule has 104 valence electrons. The summed E-state index contributed by atoms with van der Waals surface area (Å²) in [6.45, 7) is 1.47. The normalized spacial score (nSPS) is 12.1. The fraction of sp³-hybridized carbons (Fsp3) is 0.214. The molecule has 1 N–H and O–H groups in total. The van der Waals surface area contributed by atoms with E-state index in [9.17, 15) is 13.9 Å². The molecule has 6 heteroatoms. The molecule has 2 aromatic rings. The highest BCUT2D eigenvalue weighted by molar-refractivity contribution is 7.41. The number of carboxylic acids is 1. The first-order valence-corrected chi connectivity index (χ1v) is 7.11. The lowest BCUT2D eigenvalue weighted by atomic mass is 9.97. The first-order chi connectivity index (χ1) is 9.45. The van der Waals surface area contributed by atoms with Crippen molar-refractivity contribution in [3.8, 4) is 5.75 Å². The van der Waals surface area contributed by atoms with Gasteiger partial charge in [-0.05, 0) is 36.1 Å². The molecule has 0 aromatic heterocycles. The van der Waals surface area contributed by atoms with Gasteiger partial charge in [0.05, 0.1) is 18.3 Å². The number of rotatable bonds is 4. The van der Waals surface area contributed by atoms with Crippen LogP contribution in [0.1, 0.15) is 18.4 Å². The van der Waals surface area contributed by atoms with Crippen LogP contribution in [-0.4, -0.2) is 18.2 Å². The van der Waals surface area contributed by atoms with Crippen molar-refractivity contribution >= 4 is 29.7 Å². The van der Waals surface area contributed by atoms with E-state index in [-0.39, 0.29) is 5.30 Å². The molecule has 0 radical (unpaired) electrons. The van der Waals surface area contributed by atoms with Gasteiger partial charge in [0.1, 0.15) is 5.75 Å². The van der Waals surface area contributed by atoms with Gasteiger partial charge in [-0.25, -0.2) is 9.13 Å². The van der Waals surface area contributed by atoms with E-state index in [0.29, 0.717) is 22.1 Å². The highest BCUT2D eigenvalue weighted by Gasteiger charge is 2.22. The maximum absolute atomic E-state index is 11.5. The second-order valence-corrected chi connectivity index (χ2v) is 5.37. The summed E-state index contributed by atoms with van der Waals surface area (Å²) in [6.07, 6.45) is 0. The molecule has 0 saturated carbocycles. The van der Waals surface area contributed by atoms with E-state index in [1.165, 1.54) is 14.0 Å². The number of carboxylic acid groups (broad SMARTS) is 1. The Morgan fingerprint density at radius 3 is 2.50 bits per heavy atom. The van der Waals surface area contributed by atoms with E-state index in [1.54, 1.807) is 30.3 Å². The second kappa shape index (κ2) is 5.47. The smallest absolute Gasteiger partial charge is 0.349 e. The number of benzene rings is 2. The molecule has 0 saturated heterocycles. The second-order valence-electron chi connectivity index (χ2n) is 4.41. The Hall–Kier alpha value is -2.13. The molecule has 5 nitrogen and oxygen atoms in total. The summed E-state index contributed by atoms with van der Waals surface area (Å²) in [6, 6.07) is 8.25. The first kappa shape index (κ1) is 14.3. The van der Waals surface area contributed by atoms with Crippen LogP contribution in [0.2, 0.25) is 0 Å². The quantitative estimate of drug-likeness (QED) is 0.876. The number of methoxy groups -OCH3 is 1. The number of fused-ring (bicyclic) bond motifs is 1. The molecule has 0 aliphatic heterocycles. The molecule has 0 unspecified atom stereocenters. The average molecular weight is 292 g/mol. The lowest BCUT2D eigenvalue weighted by Crippen LogP contribution is -2.15. The first-order valence-electron chi connectivity index (χ1n) is 5.93. The van der Waals surface area contributed by atoms with Crippen LogP contribution >= 0.6 is 7.68 Å². The van der Waals surface area contributed by atoms with E-state index in [1.807, 2.05) is 0 Å². The number of hydrogen-bond donors (Lipinski definition) is 1. The Labute approximate surface area is 116 Å². The molecule has 0 bridgehead atoms. The van der Waals surface area contributed by atoms with Crippen molar-refractivity contribution in [1.29, 1.82) is 0 Å². The summed E-state index contributed by atoms with van der Waals surface area (Å²) in [5.41, 5.74) is 0.297. The van der Waals surface area contributed by atoms with Crippen LogP contribution in [-0.2, 0) is 13.9 Å². The lowest BCUT2D eigenvalue weighted by Gasteiger charge is -2.12. The van der Waals surface area contributed by atoms with Crippen LogP contribution in [0.15, 0.2) is 30.3 Å². The minimum absolute atomic E-state index is 0.0649. The van der Waals surface area contributed by atoms with Crippen molar-refractivity contribution in [2.24, 2.45) is 0 Å². The van der Waals surface area contributed by atoms with Gasteiger partial charge in [0, 0.05) is 5.39 Å². The van der Waals surface area contributed by atoms with Crippen LogP contribution < -0.4 is 10.0 Å². The fourth-order valence-electron chi connectivity index (χ4n) is 2.12. The van der Waals surface area contributed by atoms with Crippen LogP contribution in [0.4, 0.5) is 0 Å². The van der Waals surface area contributed by atoms with Gasteiger partial charge in [0.25, 0.3) is 0 Å². The minimum Gasteiger partial charge on any atom is -0.497 e. The van der Waals surface area contributed by atoms with E-state index in [4.69, 9.17) is 9.84 Å². The molecule has 0 aliphatic rings. The number of carbonyl (C=O) groups is 1. The number of hydrogen-bond acceptors (Lipinski definition) is 4. The predicted molar refractivity (Wildman–Crippen MR) is 74.5 cm³/mol. The van der Waals surface area contributed by atoms with E-state index >= 15 is 0 Å². The molecule has 0 aliphatic carbocycles. The van der Waals surface area contributed by atoms with Crippen LogP contribution in [0.25, 0.3) is 10.8 Å². The fourth-order valence-corrected chi connectivity index (χ4v) is 3.00. The predicted octanol–water partition coefficient (Wildman–Crippen LogP) is 2.83. The number of ether oxygens (including phenoxy) is 1. The average Bonchev–Trinajstić information content (AvgIpc) is 2.44. The van der Waals surface area contributed by atoms with Gasteiger partial charge in [0.2, 0.25) is 0 Å². The SMILES string of the molecule is COc1ccc2c(P(=O)=O)c([C@H](C)C(=O)O)ccc2c1. The van der Waals surface area contributed by atoms with Crippen molar-refractivity contribution in [2.45, 2.75) is 12.8 Å². The van der Waals surface area contributed by atoms with Gasteiger partial charge in [-0.1, -0.05) is 12.1 Å². The van der Waals surface area contributed by atoms with Crippen molar-refractivity contribution in [3.05, 3.63) is 35.9 Å². The summed E-state index contributed by atoms with van der Waals surface area (Å²) in [5, 5.41) is 10.3. The van der Waals surface area contributed by atoms with Gasteiger partial charge in [0.15, 0.2) is 0 Å². The highest BCUT2D eigenvalue weighted by Crippen LogP contribution is 2.28. The van der Waals surface area contributed by atoms with Gasteiger partial charge >= 0.3 is 13.6 Å². The monoisotopic (exact) mass is 292 g/mol.